The maximum atomic E-state index is 12.1. The monoisotopic (exact) mass is 350 g/mol. The summed E-state index contributed by atoms with van der Waals surface area (Å²) in [6, 6.07) is 9.07. The van der Waals surface area contributed by atoms with Crippen molar-refractivity contribution >= 4 is 21.8 Å². The van der Waals surface area contributed by atoms with Gasteiger partial charge in [-0.15, -0.1) is 0 Å². The average molecular weight is 351 g/mol. The van der Waals surface area contributed by atoms with Crippen LogP contribution < -0.4 is 5.32 Å². The van der Waals surface area contributed by atoms with Gasteiger partial charge in [0, 0.05) is 23.6 Å². The number of halogens is 1. The highest BCUT2D eigenvalue weighted by atomic mass is 79.9. The fourth-order valence-electron chi connectivity index (χ4n) is 3.30. The lowest BCUT2D eigenvalue weighted by atomic mass is 9.76. The zero-order chi connectivity index (χ0) is 14.7. The molecule has 1 heterocycles. The van der Waals surface area contributed by atoms with E-state index in [0.717, 1.165) is 30.4 Å². The fraction of sp³-hybridized carbons (Fsp3) is 0.588. The van der Waals surface area contributed by atoms with E-state index in [-0.39, 0.29) is 5.91 Å². The van der Waals surface area contributed by atoms with Gasteiger partial charge in [-0.2, -0.15) is 0 Å². The van der Waals surface area contributed by atoms with E-state index in [2.05, 4.69) is 45.5 Å². The summed E-state index contributed by atoms with van der Waals surface area (Å²) in [5.74, 6) is 0.922. The maximum absolute atomic E-state index is 12.1. The normalized spacial score (nSPS) is 25.5. The number of nitrogens with zero attached hydrogens (tertiary/aromatic N) is 1. The third-order valence-corrected chi connectivity index (χ3v) is 5.20. The first-order valence-corrected chi connectivity index (χ1v) is 8.78. The zero-order valence-electron chi connectivity index (χ0n) is 12.4. The van der Waals surface area contributed by atoms with Crippen LogP contribution in [0, 0.1) is 0 Å². The van der Waals surface area contributed by atoms with Gasteiger partial charge in [0.05, 0.1) is 6.54 Å². The molecule has 1 aromatic carbocycles. The van der Waals surface area contributed by atoms with Crippen molar-refractivity contribution in [1.29, 1.82) is 0 Å². The van der Waals surface area contributed by atoms with Gasteiger partial charge in [-0.05, 0) is 55.7 Å². The molecular weight excluding hydrogens is 328 g/mol. The standard InChI is InChI=1S/C17H23BrN2O/c18-15-6-4-5-13(9-15)14-10-16(11-14)19-12-17(21)20-7-2-1-3-8-20/h4-6,9,14,16,19H,1-3,7-8,10-12H2. The van der Waals surface area contributed by atoms with E-state index in [9.17, 15) is 4.79 Å². The highest BCUT2D eigenvalue weighted by molar-refractivity contribution is 9.10. The largest absolute Gasteiger partial charge is 0.342 e. The minimum atomic E-state index is 0.278. The molecule has 3 nitrogen and oxygen atoms in total. The van der Waals surface area contributed by atoms with Crippen molar-refractivity contribution in [2.75, 3.05) is 19.6 Å². The molecule has 0 bridgehead atoms. The molecule has 0 atom stereocenters. The number of hydrogen-bond acceptors (Lipinski definition) is 2. The second kappa shape index (κ2) is 6.93. The smallest absolute Gasteiger partial charge is 0.236 e. The van der Waals surface area contributed by atoms with E-state index in [1.807, 2.05) is 4.90 Å². The van der Waals surface area contributed by atoms with Gasteiger partial charge in [0.15, 0.2) is 0 Å². The van der Waals surface area contributed by atoms with E-state index in [0.29, 0.717) is 18.5 Å². The number of likely N-dealkylation sites (tertiary alicyclic amines) is 1. The molecule has 1 aliphatic heterocycles. The summed E-state index contributed by atoms with van der Waals surface area (Å²) in [6.45, 7) is 2.41. The van der Waals surface area contributed by atoms with Gasteiger partial charge in [-0.1, -0.05) is 28.1 Å². The predicted molar refractivity (Wildman–Crippen MR) is 88.3 cm³/mol. The van der Waals surface area contributed by atoms with E-state index in [1.54, 1.807) is 0 Å². The van der Waals surface area contributed by atoms with Crippen LogP contribution in [0.4, 0.5) is 0 Å². The molecule has 0 spiro atoms. The lowest BCUT2D eigenvalue weighted by Crippen LogP contribution is -2.47. The lowest BCUT2D eigenvalue weighted by molar-refractivity contribution is -0.131. The minimum Gasteiger partial charge on any atom is -0.342 e. The van der Waals surface area contributed by atoms with Crippen molar-refractivity contribution in [2.45, 2.75) is 44.1 Å². The molecule has 1 aliphatic carbocycles. The summed E-state index contributed by atoms with van der Waals surface area (Å²) in [6.07, 6.45) is 5.89. The first kappa shape index (κ1) is 15.0. The predicted octanol–water partition coefficient (Wildman–Crippen LogP) is 3.30. The summed E-state index contributed by atoms with van der Waals surface area (Å²) in [5, 5.41) is 3.43. The first-order chi connectivity index (χ1) is 10.2. The Morgan fingerprint density at radius 2 is 2.00 bits per heavy atom. The van der Waals surface area contributed by atoms with Gasteiger partial charge < -0.3 is 10.2 Å². The van der Waals surface area contributed by atoms with Crippen LogP contribution in [-0.2, 0) is 4.79 Å². The fourth-order valence-corrected chi connectivity index (χ4v) is 3.72. The molecule has 21 heavy (non-hydrogen) atoms. The molecule has 1 aromatic rings. The van der Waals surface area contributed by atoms with E-state index in [4.69, 9.17) is 0 Å². The summed E-state index contributed by atoms with van der Waals surface area (Å²) < 4.78 is 1.15. The Kier molecular flexibility index (Phi) is 4.96. The molecule has 1 N–H and O–H groups in total. The maximum Gasteiger partial charge on any atom is 0.236 e. The zero-order valence-corrected chi connectivity index (χ0v) is 13.9. The third-order valence-electron chi connectivity index (χ3n) is 4.71. The molecule has 1 amide bonds. The Labute approximate surface area is 135 Å². The number of benzene rings is 1. The number of nitrogens with one attached hydrogen (secondary N) is 1. The number of hydrogen-bond donors (Lipinski definition) is 1. The number of carbonyl (C=O) groups excluding carboxylic acids is 1. The van der Waals surface area contributed by atoms with Crippen LogP contribution >= 0.6 is 15.9 Å². The summed E-state index contributed by atoms with van der Waals surface area (Å²) >= 11 is 3.53. The molecule has 2 aliphatic rings. The Balaban J connectivity index is 1.40. The van der Waals surface area contributed by atoms with Crippen LogP contribution in [0.5, 0.6) is 0 Å². The molecule has 0 unspecified atom stereocenters. The molecule has 3 rings (SSSR count). The molecule has 0 radical (unpaired) electrons. The van der Waals surface area contributed by atoms with Gasteiger partial charge in [0.2, 0.25) is 5.91 Å². The van der Waals surface area contributed by atoms with Crippen molar-refractivity contribution in [2.24, 2.45) is 0 Å². The number of piperidine rings is 1. The van der Waals surface area contributed by atoms with Crippen molar-refractivity contribution in [1.82, 2.24) is 10.2 Å². The van der Waals surface area contributed by atoms with E-state index >= 15 is 0 Å². The average Bonchev–Trinajstić information content (AvgIpc) is 2.46. The Morgan fingerprint density at radius 1 is 1.24 bits per heavy atom. The number of amides is 1. The summed E-state index contributed by atoms with van der Waals surface area (Å²) in [4.78, 5) is 14.1. The molecule has 2 fully saturated rings. The summed E-state index contributed by atoms with van der Waals surface area (Å²) in [5.41, 5.74) is 1.41. The Hall–Kier alpha value is -0.870. The van der Waals surface area contributed by atoms with Gasteiger partial charge in [-0.3, -0.25) is 4.79 Å². The van der Waals surface area contributed by atoms with Crippen LogP contribution in [-0.4, -0.2) is 36.5 Å². The summed E-state index contributed by atoms with van der Waals surface area (Å²) in [7, 11) is 0. The minimum absolute atomic E-state index is 0.278. The van der Waals surface area contributed by atoms with Crippen LogP contribution in [0.1, 0.15) is 43.6 Å². The highest BCUT2D eigenvalue weighted by Gasteiger charge is 2.30. The molecule has 114 valence electrons. The van der Waals surface area contributed by atoms with Crippen molar-refractivity contribution < 1.29 is 4.79 Å². The number of rotatable bonds is 4. The molecule has 1 saturated carbocycles. The van der Waals surface area contributed by atoms with Crippen molar-refractivity contribution in [3.8, 4) is 0 Å². The molecule has 4 heteroatoms. The second-order valence-electron chi connectivity index (χ2n) is 6.24. The van der Waals surface area contributed by atoms with E-state index in [1.165, 1.54) is 24.8 Å². The van der Waals surface area contributed by atoms with Gasteiger partial charge >= 0.3 is 0 Å². The second-order valence-corrected chi connectivity index (χ2v) is 7.16. The van der Waals surface area contributed by atoms with Crippen LogP contribution in [0.3, 0.4) is 0 Å². The first-order valence-electron chi connectivity index (χ1n) is 7.99. The third kappa shape index (κ3) is 3.86. The van der Waals surface area contributed by atoms with Gasteiger partial charge in [0.1, 0.15) is 0 Å². The van der Waals surface area contributed by atoms with Crippen molar-refractivity contribution in [3.63, 3.8) is 0 Å². The quantitative estimate of drug-likeness (QED) is 0.903. The lowest BCUT2D eigenvalue weighted by Gasteiger charge is -2.37. The Morgan fingerprint density at radius 3 is 2.71 bits per heavy atom. The molecule has 1 saturated heterocycles. The van der Waals surface area contributed by atoms with Crippen LogP contribution in [0.2, 0.25) is 0 Å². The molecule has 0 aromatic heterocycles. The topological polar surface area (TPSA) is 32.3 Å². The van der Waals surface area contributed by atoms with Gasteiger partial charge in [-0.25, -0.2) is 0 Å². The SMILES string of the molecule is O=C(CNC1CC(c2cccc(Br)c2)C1)N1CCCCC1. The van der Waals surface area contributed by atoms with Gasteiger partial charge in [0.25, 0.3) is 0 Å². The highest BCUT2D eigenvalue weighted by Crippen LogP contribution is 2.37. The Bertz CT molecular complexity index is 493. The van der Waals surface area contributed by atoms with Crippen LogP contribution in [0.15, 0.2) is 28.7 Å². The van der Waals surface area contributed by atoms with Crippen LogP contribution in [0.25, 0.3) is 0 Å². The number of carbonyl (C=O) groups is 1. The van der Waals surface area contributed by atoms with E-state index < -0.39 is 0 Å². The molecular formula is C17H23BrN2O. The van der Waals surface area contributed by atoms with Crippen molar-refractivity contribution in [3.05, 3.63) is 34.3 Å².